The van der Waals surface area contributed by atoms with Gasteiger partial charge in [0.15, 0.2) is 0 Å². The van der Waals surface area contributed by atoms with Gasteiger partial charge < -0.3 is 5.32 Å². The molecule has 3 heteroatoms. The van der Waals surface area contributed by atoms with Crippen LogP contribution in [-0.2, 0) is 6.42 Å². The van der Waals surface area contributed by atoms with Gasteiger partial charge in [-0.15, -0.1) is 0 Å². The summed E-state index contributed by atoms with van der Waals surface area (Å²) in [6.45, 7) is 3.87. The van der Waals surface area contributed by atoms with Crippen molar-refractivity contribution in [2.45, 2.75) is 52.0 Å². The van der Waals surface area contributed by atoms with Gasteiger partial charge in [0.05, 0.1) is 6.07 Å². The Bertz CT molecular complexity index is 431. The van der Waals surface area contributed by atoms with Gasteiger partial charge >= 0.3 is 0 Å². The Hall–Kier alpha value is -1.82. The molecule has 1 atom stereocenters. The van der Waals surface area contributed by atoms with Crippen LogP contribution in [0.4, 0.5) is 0 Å². The molecule has 0 aliphatic heterocycles. The third-order valence-corrected chi connectivity index (χ3v) is 3.08. The summed E-state index contributed by atoms with van der Waals surface area (Å²) < 4.78 is 0. The van der Waals surface area contributed by atoms with E-state index in [9.17, 15) is 4.79 Å². The molecule has 1 unspecified atom stereocenters. The lowest BCUT2D eigenvalue weighted by Crippen LogP contribution is -2.31. The van der Waals surface area contributed by atoms with Crippen LogP contribution >= 0.6 is 0 Å². The lowest BCUT2D eigenvalue weighted by Gasteiger charge is -2.07. The summed E-state index contributed by atoms with van der Waals surface area (Å²) >= 11 is 0. The Morgan fingerprint density at radius 1 is 1.26 bits per heavy atom. The van der Waals surface area contributed by atoms with Gasteiger partial charge in [0.25, 0.3) is 5.91 Å². The van der Waals surface area contributed by atoms with Gasteiger partial charge in [0.2, 0.25) is 0 Å². The Kier molecular flexibility index (Phi) is 6.67. The van der Waals surface area contributed by atoms with E-state index in [1.54, 1.807) is 6.92 Å². The van der Waals surface area contributed by atoms with Gasteiger partial charge in [-0.05, 0) is 37.5 Å². The molecule has 0 radical (unpaired) electrons. The summed E-state index contributed by atoms with van der Waals surface area (Å²) in [6.07, 6.45) is 6.06. The Morgan fingerprint density at radius 3 is 2.53 bits per heavy atom. The largest absolute Gasteiger partial charge is 0.337 e. The average Bonchev–Trinajstić information content (AvgIpc) is 2.44. The Labute approximate surface area is 115 Å². The number of aryl methyl sites for hydroxylation is 1. The van der Waals surface area contributed by atoms with Crippen LogP contribution in [-0.4, -0.2) is 11.9 Å². The summed E-state index contributed by atoms with van der Waals surface area (Å²) in [4.78, 5) is 11.8. The molecular weight excluding hydrogens is 236 g/mol. The minimum Gasteiger partial charge on any atom is -0.337 e. The van der Waals surface area contributed by atoms with E-state index in [0.29, 0.717) is 5.56 Å². The summed E-state index contributed by atoms with van der Waals surface area (Å²) in [5.41, 5.74) is 1.88. The minimum absolute atomic E-state index is 0.188. The van der Waals surface area contributed by atoms with Crippen molar-refractivity contribution < 1.29 is 4.79 Å². The molecule has 19 heavy (non-hydrogen) atoms. The van der Waals surface area contributed by atoms with E-state index in [1.807, 2.05) is 30.3 Å². The first-order chi connectivity index (χ1) is 9.17. The number of nitrogens with one attached hydrogen (secondary N) is 1. The van der Waals surface area contributed by atoms with E-state index in [2.05, 4.69) is 12.2 Å². The maximum absolute atomic E-state index is 11.8. The fraction of sp³-hybridized carbons (Fsp3) is 0.500. The fourth-order valence-electron chi connectivity index (χ4n) is 1.89. The average molecular weight is 258 g/mol. The van der Waals surface area contributed by atoms with Crippen molar-refractivity contribution in [2.75, 3.05) is 0 Å². The van der Waals surface area contributed by atoms with Crippen LogP contribution in [0.2, 0.25) is 0 Å². The first-order valence-electron chi connectivity index (χ1n) is 6.96. The van der Waals surface area contributed by atoms with Crippen molar-refractivity contribution in [3.05, 3.63) is 35.4 Å². The summed E-state index contributed by atoms with van der Waals surface area (Å²) in [7, 11) is 0. The smallest absolute Gasteiger partial charge is 0.252 e. The van der Waals surface area contributed by atoms with Gasteiger partial charge in [0, 0.05) is 5.56 Å². The second-order valence-electron chi connectivity index (χ2n) is 4.83. The summed E-state index contributed by atoms with van der Waals surface area (Å²) in [5.74, 6) is -0.188. The number of unbranched alkanes of at least 4 members (excludes halogenated alkanes) is 3. The highest BCUT2D eigenvalue weighted by Gasteiger charge is 2.08. The van der Waals surface area contributed by atoms with E-state index in [-0.39, 0.29) is 5.91 Å². The molecule has 0 fully saturated rings. The van der Waals surface area contributed by atoms with Gasteiger partial charge in [-0.1, -0.05) is 38.3 Å². The van der Waals surface area contributed by atoms with Crippen molar-refractivity contribution in [1.82, 2.24) is 5.32 Å². The maximum Gasteiger partial charge on any atom is 0.252 e. The van der Waals surface area contributed by atoms with Crippen LogP contribution in [0.3, 0.4) is 0 Å². The number of carbonyl (C=O) groups excluding carboxylic acids is 1. The van der Waals surface area contributed by atoms with Gasteiger partial charge in [-0.3, -0.25) is 4.79 Å². The zero-order valence-electron chi connectivity index (χ0n) is 11.8. The van der Waals surface area contributed by atoms with E-state index in [4.69, 9.17) is 5.26 Å². The van der Waals surface area contributed by atoms with Crippen molar-refractivity contribution >= 4 is 5.91 Å². The van der Waals surface area contributed by atoms with E-state index >= 15 is 0 Å². The zero-order chi connectivity index (χ0) is 14.1. The molecule has 3 nitrogen and oxygen atoms in total. The highest BCUT2D eigenvalue weighted by atomic mass is 16.1. The molecule has 0 aliphatic rings. The number of rotatable bonds is 7. The Morgan fingerprint density at radius 2 is 1.95 bits per heavy atom. The van der Waals surface area contributed by atoms with E-state index in [0.717, 1.165) is 6.42 Å². The SMILES string of the molecule is CCCCCCc1ccc(C(=O)NC(C)C#N)cc1. The predicted octanol–water partition coefficient (Wildman–Crippen LogP) is 3.45. The number of benzene rings is 1. The van der Waals surface area contributed by atoms with Crippen LogP contribution in [0.15, 0.2) is 24.3 Å². The first-order valence-corrected chi connectivity index (χ1v) is 6.96. The summed E-state index contributed by atoms with van der Waals surface area (Å²) in [6, 6.07) is 9.18. The molecule has 0 heterocycles. The number of carbonyl (C=O) groups is 1. The molecule has 0 spiro atoms. The first kappa shape index (κ1) is 15.2. The fourth-order valence-corrected chi connectivity index (χ4v) is 1.89. The van der Waals surface area contributed by atoms with Crippen LogP contribution in [0.25, 0.3) is 0 Å². The second-order valence-corrected chi connectivity index (χ2v) is 4.83. The van der Waals surface area contributed by atoms with Crippen LogP contribution in [0.1, 0.15) is 55.5 Å². The van der Waals surface area contributed by atoms with Crippen LogP contribution < -0.4 is 5.32 Å². The number of nitrogens with zero attached hydrogens (tertiary/aromatic N) is 1. The topological polar surface area (TPSA) is 52.9 Å². The molecule has 1 N–H and O–H groups in total. The maximum atomic E-state index is 11.8. The molecular formula is C16H22N2O. The monoisotopic (exact) mass is 258 g/mol. The highest BCUT2D eigenvalue weighted by Crippen LogP contribution is 2.10. The number of hydrogen-bond acceptors (Lipinski definition) is 2. The molecule has 102 valence electrons. The van der Waals surface area contributed by atoms with Gasteiger partial charge in [-0.2, -0.15) is 5.26 Å². The van der Waals surface area contributed by atoms with Crippen LogP contribution in [0.5, 0.6) is 0 Å². The lowest BCUT2D eigenvalue weighted by atomic mass is 10.0. The molecule has 1 aromatic carbocycles. The van der Waals surface area contributed by atoms with E-state index in [1.165, 1.54) is 31.2 Å². The van der Waals surface area contributed by atoms with Crippen LogP contribution in [0, 0.1) is 11.3 Å². The van der Waals surface area contributed by atoms with Crippen molar-refractivity contribution in [1.29, 1.82) is 5.26 Å². The molecule has 1 aromatic rings. The van der Waals surface area contributed by atoms with Crippen molar-refractivity contribution in [3.8, 4) is 6.07 Å². The molecule has 1 rings (SSSR count). The number of nitriles is 1. The third-order valence-electron chi connectivity index (χ3n) is 3.08. The van der Waals surface area contributed by atoms with Crippen molar-refractivity contribution in [2.24, 2.45) is 0 Å². The second kappa shape index (κ2) is 8.31. The third kappa shape index (κ3) is 5.56. The number of amides is 1. The molecule has 0 aromatic heterocycles. The molecule has 0 aliphatic carbocycles. The molecule has 1 amide bonds. The van der Waals surface area contributed by atoms with E-state index < -0.39 is 6.04 Å². The molecule has 0 saturated heterocycles. The van der Waals surface area contributed by atoms with Gasteiger partial charge in [-0.25, -0.2) is 0 Å². The molecule has 0 bridgehead atoms. The standard InChI is InChI=1S/C16H22N2O/c1-3-4-5-6-7-14-8-10-15(11-9-14)16(19)18-13(2)12-17/h8-11,13H,3-7H2,1-2H3,(H,18,19). The quantitative estimate of drug-likeness (QED) is 0.761. The normalized spacial score (nSPS) is 11.6. The predicted molar refractivity (Wildman–Crippen MR) is 76.8 cm³/mol. The summed E-state index contributed by atoms with van der Waals surface area (Å²) in [5, 5.41) is 11.3. The zero-order valence-corrected chi connectivity index (χ0v) is 11.8. The minimum atomic E-state index is -0.457. The lowest BCUT2D eigenvalue weighted by molar-refractivity contribution is 0.0948. The number of hydrogen-bond donors (Lipinski definition) is 1. The highest BCUT2D eigenvalue weighted by molar-refractivity contribution is 5.94. The molecule has 0 saturated carbocycles. The van der Waals surface area contributed by atoms with Gasteiger partial charge in [0.1, 0.15) is 6.04 Å². The Balaban J connectivity index is 2.47. The van der Waals surface area contributed by atoms with Crippen molar-refractivity contribution in [3.63, 3.8) is 0 Å².